The summed E-state index contributed by atoms with van der Waals surface area (Å²) in [6, 6.07) is 6.77. The Kier molecular flexibility index (Phi) is 5.67. The van der Waals surface area contributed by atoms with E-state index in [4.69, 9.17) is 16.3 Å². The minimum atomic E-state index is -4.48. The fourth-order valence-electron chi connectivity index (χ4n) is 2.85. The van der Waals surface area contributed by atoms with Gasteiger partial charge in [-0.3, -0.25) is 4.79 Å². The predicted molar refractivity (Wildman–Crippen MR) is 94.2 cm³/mol. The van der Waals surface area contributed by atoms with Gasteiger partial charge in [0.1, 0.15) is 6.04 Å². The Morgan fingerprint density at radius 2 is 1.96 bits per heavy atom. The first-order chi connectivity index (χ1) is 12.3. The summed E-state index contributed by atoms with van der Waals surface area (Å²) < 4.78 is 48.9. The van der Waals surface area contributed by atoms with Gasteiger partial charge in [-0.05, 0) is 42.8 Å². The van der Waals surface area contributed by atoms with Crippen LogP contribution in [0.5, 0.6) is 0 Å². The molecule has 0 saturated carbocycles. The molecule has 2 heterocycles. The molecule has 9 heteroatoms. The second kappa shape index (κ2) is 7.64. The highest BCUT2D eigenvalue weighted by Gasteiger charge is 2.44. The van der Waals surface area contributed by atoms with Crippen molar-refractivity contribution in [2.24, 2.45) is 0 Å². The van der Waals surface area contributed by atoms with Crippen molar-refractivity contribution in [2.75, 3.05) is 13.7 Å². The van der Waals surface area contributed by atoms with Crippen molar-refractivity contribution in [3.05, 3.63) is 63.0 Å². The van der Waals surface area contributed by atoms with Crippen LogP contribution >= 0.6 is 23.5 Å². The Morgan fingerprint density at radius 1 is 1.27 bits per heavy atom. The molecule has 1 aromatic carbocycles. The smallest absolute Gasteiger partial charge is 0.373 e. The summed E-state index contributed by atoms with van der Waals surface area (Å²) >= 11 is 6.65. The van der Waals surface area contributed by atoms with Crippen LogP contribution in [-0.4, -0.2) is 28.7 Å². The van der Waals surface area contributed by atoms with Gasteiger partial charge in [-0.2, -0.15) is 13.2 Å². The van der Waals surface area contributed by atoms with Crippen LogP contribution in [0.2, 0.25) is 5.02 Å². The van der Waals surface area contributed by atoms with Crippen LogP contribution in [-0.2, 0) is 17.9 Å². The number of benzene rings is 1. The van der Waals surface area contributed by atoms with Crippen LogP contribution in [0.25, 0.3) is 0 Å². The second-order valence-electron chi connectivity index (χ2n) is 5.86. The first-order valence-electron chi connectivity index (χ1n) is 7.80. The molecule has 140 valence electrons. The summed E-state index contributed by atoms with van der Waals surface area (Å²) in [5.74, 6) is 0. The molecule has 0 radical (unpaired) electrons. The topological polar surface area (TPSA) is 34.5 Å². The summed E-state index contributed by atoms with van der Waals surface area (Å²) in [5, 5.41) is 0.368. The molecule has 26 heavy (non-hydrogen) atoms. The molecule has 0 bridgehead atoms. The van der Waals surface area contributed by atoms with Crippen molar-refractivity contribution >= 4 is 23.5 Å². The number of nitrogens with zero attached hydrogens (tertiary/aromatic N) is 2. The van der Waals surface area contributed by atoms with Gasteiger partial charge in [-0.15, -0.1) is 0 Å². The summed E-state index contributed by atoms with van der Waals surface area (Å²) in [4.78, 5) is 12.6. The second-order valence-corrected chi connectivity index (χ2v) is 7.52. The molecule has 0 aliphatic carbocycles. The van der Waals surface area contributed by atoms with Gasteiger partial charge in [0.05, 0.1) is 13.2 Å². The summed E-state index contributed by atoms with van der Waals surface area (Å²) in [6.07, 6.45) is -4.48. The molecule has 0 fully saturated rings. The average Bonchev–Trinajstić information content (AvgIpc) is 2.55. The predicted octanol–water partition coefficient (Wildman–Crippen LogP) is 4.27. The van der Waals surface area contributed by atoms with Gasteiger partial charge >= 0.3 is 6.18 Å². The van der Waals surface area contributed by atoms with Crippen LogP contribution in [0.1, 0.15) is 17.3 Å². The molecule has 3 rings (SSSR count). The molecule has 2 aromatic rings. The van der Waals surface area contributed by atoms with Gasteiger partial charge in [0, 0.05) is 28.2 Å². The molecule has 0 N–H and O–H groups in total. The van der Waals surface area contributed by atoms with Crippen molar-refractivity contribution in [3.8, 4) is 0 Å². The van der Waals surface area contributed by atoms with Gasteiger partial charge < -0.3 is 9.30 Å². The van der Waals surface area contributed by atoms with E-state index < -0.39 is 12.2 Å². The van der Waals surface area contributed by atoms with E-state index in [0.29, 0.717) is 28.8 Å². The van der Waals surface area contributed by atoms with Gasteiger partial charge in [-0.1, -0.05) is 23.7 Å². The third kappa shape index (κ3) is 4.25. The fraction of sp³-hybridized carbons (Fsp3) is 0.353. The van der Waals surface area contributed by atoms with Gasteiger partial charge in [0.15, 0.2) is 0 Å². The molecule has 0 spiro atoms. The standard InChI is InChI=1S/C17H16ClF3N2O2S/c1-22(16(17(19,20)21)11-2-4-12(18)5-3-11)26-14-8-13-10-25-7-6-23(13)15(24)9-14/h2-5,8-9,16H,6-7,10H2,1H3/t16-/m1/s1. The van der Waals surface area contributed by atoms with E-state index in [9.17, 15) is 18.0 Å². The highest BCUT2D eigenvalue weighted by atomic mass is 35.5. The lowest BCUT2D eigenvalue weighted by Gasteiger charge is -2.29. The van der Waals surface area contributed by atoms with Crippen molar-refractivity contribution in [1.82, 2.24) is 8.87 Å². The Morgan fingerprint density at radius 3 is 2.62 bits per heavy atom. The Balaban J connectivity index is 1.88. The highest BCUT2D eigenvalue weighted by molar-refractivity contribution is 7.97. The number of alkyl halides is 3. The zero-order valence-corrected chi connectivity index (χ0v) is 15.4. The van der Waals surface area contributed by atoms with Crippen molar-refractivity contribution in [2.45, 2.75) is 30.3 Å². The molecule has 1 aromatic heterocycles. The van der Waals surface area contributed by atoms with Crippen molar-refractivity contribution < 1.29 is 17.9 Å². The summed E-state index contributed by atoms with van der Waals surface area (Å²) in [6.45, 7) is 1.17. The van der Waals surface area contributed by atoms with Crippen LogP contribution in [0.15, 0.2) is 46.1 Å². The van der Waals surface area contributed by atoms with Gasteiger partial charge in [-0.25, -0.2) is 4.31 Å². The van der Waals surface area contributed by atoms with Crippen molar-refractivity contribution in [1.29, 1.82) is 0 Å². The fourth-order valence-corrected chi connectivity index (χ4v) is 4.00. The first kappa shape index (κ1) is 19.3. The van der Waals surface area contributed by atoms with Gasteiger partial charge in [0.25, 0.3) is 5.56 Å². The lowest BCUT2D eigenvalue weighted by molar-refractivity contribution is -0.169. The van der Waals surface area contributed by atoms with Crippen LogP contribution in [0, 0.1) is 0 Å². The molecular formula is C17H16ClF3N2O2S. The summed E-state index contributed by atoms with van der Waals surface area (Å²) in [7, 11) is 1.35. The normalized spacial score (nSPS) is 15.8. The zero-order valence-electron chi connectivity index (χ0n) is 13.8. The number of fused-ring (bicyclic) bond motifs is 1. The molecule has 0 saturated heterocycles. The van der Waals surface area contributed by atoms with E-state index in [1.165, 1.54) is 37.4 Å². The van der Waals surface area contributed by atoms with E-state index in [-0.39, 0.29) is 17.7 Å². The van der Waals surface area contributed by atoms with Crippen LogP contribution < -0.4 is 5.56 Å². The number of hydrogen-bond acceptors (Lipinski definition) is 4. The van der Waals surface area contributed by atoms with Crippen LogP contribution in [0.4, 0.5) is 13.2 Å². The summed E-state index contributed by atoms with van der Waals surface area (Å²) in [5.41, 5.74) is 0.501. The third-order valence-corrected chi connectivity index (χ3v) is 5.20. The molecule has 0 unspecified atom stereocenters. The van der Waals surface area contributed by atoms with Gasteiger partial charge in [0.2, 0.25) is 0 Å². The number of pyridine rings is 1. The number of rotatable bonds is 4. The Labute approximate surface area is 157 Å². The largest absolute Gasteiger partial charge is 0.408 e. The maximum atomic E-state index is 13.6. The average molecular weight is 405 g/mol. The molecule has 4 nitrogen and oxygen atoms in total. The lowest BCUT2D eigenvalue weighted by Crippen LogP contribution is -2.32. The van der Waals surface area contributed by atoms with E-state index in [1.807, 2.05) is 0 Å². The van der Waals surface area contributed by atoms with E-state index in [0.717, 1.165) is 16.3 Å². The Hall–Kier alpha value is -1.48. The minimum Gasteiger partial charge on any atom is -0.373 e. The highest BCUT2D eigenvalue weighted by Crippen LogP contribution is 2.41. The SMILES string of the molecule is CN(Sc1cc2n(c(=O)c1)CCOC2)[C@H](c1ccc(Cl)cc1)C(F)(F)F. The van der Waals surface area contributed by atoms with E-state index >= 15 is 0 Å². The number of halogens is 4. The molecule has 0 amide bonds. The number of ether oxygens (including phenoxy) is 1. The van der Waals surface area contributed by atoms with E-state index in [2.05, 4.69) is 0 Å². The van der Waals surface area contributed by atoms with Crippen LogP contribution in [0.3, 0.4) is 0 Å². The first-order valence-corrected chi connectivity index (χ1v) is 8.95. The molecule has 1 aliphatic rings. The zero-order chi connectivity index (χ0) is 18.9. The Bertz CT molecular complexity index is 839. The molecular weight excluding hydrogens is 389 g/mol. The monoisotopic (exact) mass is 404 g/mol. The molecule has 1 aliphatic heterocycles. The number of aromatic nitrogens is 1. The van der Waals surface area contributed by atoms with E-state index in [1.54, 1.807) is 10.6 Å². The number of hydrogen-bond donors (Lipinski definition) is 0. The lowest BCUT2D eigenvalue weighted by atomic mass is 10.1. The maximum absolute atomic E-state index is 13.6. The minimum absolute atomic E-state index is 0.0786. The molecule has 1 atom stereocenters. The third-order valence-electron chi connectivity index (χ3n) is 4.01. The van der Waals surface area contributed by atoms with Crippen molar-refractivity contribution in [3.63, 3.8) is 0 Å². The quantitative estimate of drug-likeness (QED) is 0.713. The maximum Gasteiger partial charge on any atom is 0.408 e.